The maximum Gasteiger partial charge on any atom is 0.289 e. The second-order valence-corrected chi connectivity index (χ2v) is 4.90. The third-order valence-corrected chi connectivity index (χ3v) is 2.95. The first-order valence-electron chi connectivity index (χ1n) is 6.59. The number of nitrogens with one attached hydrogen (secondary N) is 1. The van der Waals surface area contributed by atoms with Gasteiger partial charge >= 0.3 is 0 Å². The summed E-state index contributed by atoms with van der Waals surface area (Å²) in [6.45, 7) is 8.07. The number of hydrogen-bond acceptors (Lipinski definition) is 5. The zero-order valence-electron chi connectivity index (χ0n) is 12.2. The smallest absolute Gasteiger partial charge is 0.289 e. The highest BCUT2D eigenvalue weighted by atomic mass is 16.4. The van der Waals surface area contributed by atoms with Crippen molar-refractivity contribution in [2.45, 2.75) is 40.2 Å². The lowest BCUT2D eigenvalue weighted by atomic mass is 10.3. The third-order valence-electron chi connectivity index (χ3n) is 2.95. The molecule has 0 atom stereocenters. The van der Waals surface area contributed by atoms with Crippen LogP contribution in [0.3, 0.4) is 0 Å². The Bertz CT molecular complexity index is 600. The van der Waals surface area contributed by atoms with E-state index in [2.05, 4.69) is 34.3 Å². The Morgan fingerprint density at radius 2 is 2.20 bits per heavy atom. The number of carbonyl (C=O) groups is 1. The van der Waals surface area contributed by atoms with Crippen molar-refractivity contribution in [2.75, 3.05) is 6.54 Å². The van der Waals surface area contributed by atoms with Crippen molar-refractivity contribution >= 4 is 5.91 Å². The lowest BCUT2D eigenvalue weighted by Gasteiger charge is -2.10. The first-order chi connectivity index (χ1) is 9.49. The lowest BCUT2D eigenvalue weighted by Crippen LogP contribution is -2.26. The van der Waals surface area contributed by atoms with Crippen molar-refractivity contribution in [3.8, 4) is 0 Å². The minimum atomic E-state index is -0.251. The molecule has 0 fully saturated rings. The fourth-order valence-electron chi connectivity index (χ4n) is 1.99. The Hall–Kier alpha value is -2.18. The van der Waals surface area contributed by atoms with Crippen molar-refractivity contribution in [3.63, 3.8) is 0 Å². The van der Waals surface area contributed by atoms with E-state index in [1.807, 2.05) is 4.57 Å². The molecule has 7 nitrogen and oxygen atoms in total. The summed E-state index contributed by atoms with van der Waals surface area (Å²) in [6.07, 6.45) is 2.32. The van der Waals surface area contributed by atoms with Crippen LogP contribution in [0, 0.1) is 13.8 Å². The van der Waals surface area contributed by atoms with Crippen LogP contribution in [0.15, 0.2) is 10.7 Å². The third kappa shape index (κ3) is 3.04. The number of nitrogens with zero attached hydrogens (tertiary/aromatic N) is 4. The van der Waals surface area contributed by atoms with Gasteiger partial charge in [-0.1, -0.05) is 0 Å². The maximum atomic E-state index is 11.9. The van der Waals surface area contributed by atoms with Gasteiger partial charge in [0.2, 0.25) is 5.76 Å². The summed E-state index contributed by atoms with van der Waals surface area (Å²) in [7, 11) is 0. The van der Waals surface area contributed by atoms with Gasteiger partial charge in [0, 0.05) is 25.9 Å². The number of aromatic nitrogens is 4. The summed E-state index contributed by atoms with van der Waals surface area (Å²) < 4.78 is 7.25. The molecule has 7 heteroatoms. The van der Waals surface area contributed by atoms with E-state index >= 15 is 0 Å². The average Bonchev–Trinajstić information content (AvgIpc) is 2.95. The molecule has 0 radical (unpaired) electrons. The van der Waals surface area contributed by atoms with E-state index < -0.39 is 0 Å². The van der Waals surface area contributed by atoms with E-state index in [0.717, 1.165) is 5.82 Å². The quantitative estimate of drug-likeness (QED) is 0.893. The normalized spacial score (nSPS) is 11.1. The molecule has 0 spiro atoms. The Morgan fingerprint density at radius 1 is 1.45 bits per heavy atom. The van der Waals surface area contributed by atoms with Crippen molar-refractivity contribution in [3.05, 3.63) is 29.5 Å². The van der Waals surface area contributed by atoms with Gasteiger partial charge in [-0.05, 0) is 20.8 Å². The topological polar surface area (TPSA) is 85.8 Å². The molecule has 1 N–H and O–H groups in total. The Morgan fingerprint density at radius 3 is 2.80 bits per heavy atom. The van der Waals surface area contributed by atoms with Crippen molar-refractivity contribution < 1.29 is 9.21 Å². The Labute approximate surface area is 117 Å². The monoisotopic (exact) mass is 277 g/mol. The maximum absolute atomic E-state index is 11.9. The average molecular weight is 277 g/mol. The second kappa shape index (κ2) is 5.85. The molecule has 2 aromatic heterocycles. The van der Waals surface area contributed by atoms with Crippen LogP contribution >= 0.6 is 0 Å². The highest BCUT2D eigenvalue weighted by Crippen LogP contribution is 2.09. The molecule has 0 saturated carbocycles. The minimum Gasteiger partial charge on any atom is -0.436 e. The molecule has 2 aromatic rings. The molecule has 2 rings (SSSR count). The molecule has 0 aliphatic rings. The molecule has 20 heavy (non-hydrogen) atoms. The number of amides is 1. The lowest BCUT2D eigenvalue weighted by molar-refractivity contribution is 0.0924. The van der Waals surface area contributed by atoms with Gasteiger partial charge in [-0.15, -0.1) is 10.2 Å². The van der Waals surface area contributed by atoms with E-state index in [1.54, 1.807) is 20.2 Å². The number of carbonyl (C=O) groups excluding carboxylic acids is 1. The van der Waals surface area contributed by atoms with Crippen LogP contribution in [0.1, 0.15) is 47.9 Å². The zero-order valence-corrected chi connectivity index (χ0v) is 12.2. The van der Waals surface area contributed by atoms with Crippen LogP contribution in [0.25, 0.3) is 0 Å². The summed E-state index contributed by atoms with van der Waals surface area (Å²) in [5.74, 6) is 1.37. The van der Waals surface area contributed by atoms with Gasteiger partial charge in [-0.3, -0.25) is 4.79 Å². The summed E-state index contributed by atoms with van der Waals surface area (Å²) in [5.41, 5.74) is 0.602. The van der Waals surface area contributed by atoms with Gasteiger partial charge in [-0.2, -0.15) is 0 Å². The van der Waals surface area contributed by atoms with Crippen LogP contribution in [0.2, 0.25) is 0 Å². The molecule has 0 saturated heterocycles. The number of rotatable bonds is 5. The van der Waals surface area contributed by atoms with Crippen LogP contribution in [0.4, 0.5) is 0 Å². The molecule has 0 aliphatic heterocycles. The van der Waals surface area contributed by atoms with E-state index in [1.165, 1.54) is 0 Å². The van der Waals surface area contributed by atoms with E-state index in [-0.39, 0.29) is 11.7 Å². The molecule has 0 bridgehead atoms. The van der Waals surface area contributed by atoms with Crippen LogP contribution in [0.5, 0.6) is 0 Å². The van der Waals surface area contributed by atoms with E-state index in [4.69, 9.17) is 4.42 Å². The van der Waals surface area contributed by atoms with Gasteiger partial charge in [0.15, 0.2) is 5.89 Å². The fraction of sp³-hybridized carbons (Fsp3) is 0.538. The highest BCUT2D eigenvalue weighted by Gasteiger charge is 2.15. The Kier molecular flexibility index (Phi) is 4.16. The van der Waals surface area contributed by atoms with E-state index in [9.17, 15) is 4.79 Å². The SMILES string of the molecule is Cc1nc(C)c(C(=O)NCCc2nncn2C(C)C)o1. The summed E-state index contributed by atoms with van der Waals surface area (Å²) in [5, 5.41) is 10.7. The number of oxazole rings is 1. The van der Waals surface area contributed by atoms with Gasteiger partial charge < -0.3 is 14.3 Å². The molecule has 108 valence electrons. The van der Waals surface area contributed by atoms with E-state index in [0.29, 0.717) is 30.6 Å². The standard InChI is InChI=1S/C13H19N5O2/c1-8(2)18-7-15-17-11(18)5-6-14-13(19)12-9(3)16-10(4)20-12/h7-8H,5-6H2,1-4H3,(H,14,19). The zero-order chi connectivity index (χ0) is 14.7. The van der Waals surface area contributed by atoms with Crippen molar-refractivity contribution in [2.24, 2.45) is 0 Å². The fourth-order valence-corrected chi connectivity index (χ4v) is 1.99. The Balaban J connectivity index is 1.91. The van der Waals surface area contributed by atoms with Crippen molar-refractivity contribution in [1.29, 1.82) is 0 Å². The van der Waals surface area contributed by atoms with Gasteiger partial charge in [0.1, 0.15) is 12.2 Å². The summed E-state index contributed by atoms with van der Waals surface area (Å²) in [6, 6.07) is 0.301. The summed E-state index contributed by atoms with van der Waals surface area (Å²) in [4.78, 5) is 16.0. The molecule has 2 heterocycles. The van der Waals surface area contributed by atoms with Gasteiger partial charge in [0.25, 0.3) is 5.91 Å². The molecule has 1 amide bonds. The molecular formula is C13H19N5O2. The second-order valence-electron chi connectivity index (χ2n) is 4.90. The minimum absolute atomic E-state index is 0.251. The van der Waals surface area contributed by atoms with Crippen LogP contribution < -0.4 is 5.32 Å². The van der Waals surface area contributed by atoms with Gasteiger partial charge in [0.05, 0.1) is 5.69 Å². The predicted molar refractivity (Wildman–Crippen MR) is 72.4 cm³/mol. The number of hydrogen-bond donors (Lipinski definition) is 1. The van der Waals surface area contributed by atoms with Crippen LogP contribution in [-0.2, 0) is 6.42 Å². The molecule has 0 aromatic carbocycles. The summed E-state index contributed by atoms with van der Waals surface area (Å²) >= 11 is 0. The first-order valence-corrected chi connectivity index (χ1v) is 6.59. The van der Waals surface area contributed by atoms with Crippen LogP contribution in [-0.4, -0.2) is 32.2 Å². The number of aryl methyl sites for hydroxylation is 2. The molecule has 0 unspecified atom stereocenters. The molecular weight excluding hydrogens is 258 g/mol. The highest BCUT2D eigenvalue weighted by molar-refractivity contribution is 5.92. The molecule has 0 aliphatic carbocycles. The predicted octanol–water partition coefficient (Wildman–Crippen LogP) is 1.44. The van der Waals surface area contributed by atoms with Crippen molar-refractivity contribution in [1.82, 2.24) is 25.1 Å². The van der Waals surface area contributed by atoms with Gasteiger partial charge in [-0.25, -0.2) is 4.98 Å². The largest absolute Gasteiger partial charge is 0.436 e. The first kappa shape index (κ1) is 14.2.